The molecule has 1 saturated heterocycles. The Morgan fingerprint density at radius 2 is 1.87 bits per heavy atom. The van der Waals surface area contributed by atoms with E-state index in [1.807, 2.05) is 0 Å². The Labute approximate surface area is 133 Å². The number of hydrogen-bond acceptors (Lipinski definition) is 5. The molecule has 23 heavy (non-hydrogen) atoms. The van der Waals surface area contributed by atoms with Crippen molar-refractivity contribution in [2.75, 3.05) is 19.7 Å². The molecule has 2 aliphatic rings. The molecule has 3 amide bonds. The van der Waals surface area contributed by atoms with Crippen LogP contribution in [0.15, 0.2) is 24.3 Å². The van der Waals surface area contributed by atoms with Crippen molar-refractivity contribution in [3.05, 3.63) is 35.4 Å². The van der Waals surface area contributed by atoms with Crippen LogP contribution < -0.4 is 0 Å². The number of hydrogen-bond donors (Lipinski definition) is 1. The fraction of sp³-hybridized carbons (Fsp3) is 0.438. The van der Waals surface area contributed by atoms with Crippen LogP contribution in [-0.4, -0.2) is 64.7 Å². The molecule has 122 valence electrons. The number of benzene rings is 1. The lowest BCUT2D eigenvalue weighted by molar-refractivity contribution is -0.00286. The SMILES string of the molecule is CCOC(=O)N1CC[C@@H](N2C(=O)c3ccccc3C2=O)[C@H](O)C1. The maximum atomic E-state index is 12.5. The maximum absolute atomic E-state index is 12.5. The number of imide groups is 1. The van der Waals surface area contributed by atoms with Gasteiger partial charge in [-0.05, 0) is 25.5 Å². The summed E-state index contributed by atoms with van der Waals surface area (Å²) in [6.07, 6.45) is -1.16. The van der Waals surface area contributed by atoms with E-state index in [1.165, 1.54) is 4.90 Å². The zero-order chi connectivity index (χ0) is 16.6. The van der Waals surface area contributed by atoms with Gasteiger partial charge in [0.2, 0.25) is 0 Å². The minimum absolute atomic E-state index is 0.0386. The van der Waals surface area contributed by atoms with Crippen LogP contribution in [0, 0.1) is 0 Å². The lowest BCUT2D eigenvalue weighted by atomic mass is 10.0. The van der Waals surface area contributed by atoms with E-state index >= 15 is 0 Å². The first-order chi connectivity index (χ1) is 11.0. The maximum Gasteiger partial charge on any atom is 0.409 e. The standard InChI is InChI=1S/C16H18N2O5/c1-2-23-16(22)17-8-7-12(13(19)9-17)18-14(20)10-5-3-4-6-11(10)15(18)21/h3-6,12-13,19H,2,7-9H2,1H3/t12-,13-/m1/s1. The van der Waals surface area contributed by atoms with Crippen LogP contribution in [0.2, 0.25) is 0 Å². The zero-order valence-corrected chi connectivity index (χ0v) is 12.8. The van der Waals surface area contributed by atoms with Crippen LogP contribution >= 0.6 is 0 Å². The topological polar surface area (TPSA) is 87.2 Å². The highest BCUT2D eigenvalue weighted by Crippen LogP contribution is 2.28. The minimum atomic E-state index is -0.990. The number of amides is 3. The van der Waals surface area contributed by atoms with Crippen molar-refractivity contribution in [2.24, 2.45) is 0 Å². The lowest BCUT2D eigenvalue weighted by Crippen LogP contribution is -2.56. The third-order valence-electron chi connectivity index (χ3n) is 4.23. The molecule has 1 aromatic rings. The largest absolute Gasteiger partial charge is 0.450 e. The molecule has 0 spiro atoms. The molecule has 0 radical (unpaired) electrons. The van der Waals surface area contributed by atoms with Gasteiger partial charge in [0.25, 0.3) is 11.8 Å². The number of aliphatic hydroxyl groups excluding tert-OH is 1. The molecular formula is C16H18N2O5. The molecule has 2 atom stereocenters. The van der Waals surface area contributed by atoms with Gasteiger partial charge in [-0.1, -0.05) is 12.1 Å². The summed E-state index contributed by atoms with van der Waals surface area (Å²) in [5.41, 5.74) is 0.718. The molecule has 1 N–H and O–H groups in total. The molecule has 3 rings (SSSR count). The molecule has 0 saturated carbocycles. The number of likely N-dealkylation sites (tertiary alicyclic amines) is 1. The average Bonchev–Trinajstić information content (AvgIpc) is 2.80. The Morgan fingerprint density at radius 1 is 1.26 bits per heavy atom. The van der Waals surface area contributed by atoms with Gasteiger partial charge in [-0.15, -0.1) is 0 Å². The van der Waals surface area contributed by atoms with Gasteiger partial charge in [-0.25, -0.2) is 4.79 Å². The monoisotopic (exact) mass is 318 g/mol. The molecule has 1 aromatic carbocycles. The van der Waals surface area contributed by atoms with Crippen molar-refractivity contribution in [3.63, 3.8) is 0 Å². The number of rotatable bonds is 2. The molecule has 0 aromatic heterocycles. The number of ether oxygens (including phenoxy) is 1. The highest BCUT2D eigenvalue weighted by molar-refractivity contribution is 6.21. The Hall–Kier alpha value is -2.41. The van der Waals surface area contributed by atoms with Gasteiger partial charge in [0, 0.05) is 6.54 Å². The van der Waals surface area contributed by atoms with E-state index in [1.54, 1.807) is 31.2 Å². The van der Waals surface area contributed by atoms with Gasteiger partial charge in [-0.3, -0.25) is 14.5 Å². The summed E-state index contributed by atoms with van der Waals surface area (Å²) in [6.45, 7) is 2.33. The number of β-amino-alcohol motifs (C(OH)–C–C–N with tert-alkyl or cyclic N) is 1. The molecule has 1 fully saturated rings. The normalized spacial score (nSPS) is 23.9. The van der Waals surface area contributed by atoms with Crippen LogP contribution in [0.25, 0.3) is 0 Å². The predicted molar refractivity (Wildman–Crippen MR) is 79.9 cm³/mol. The van der Waals surface area contributed by atoms with E-state index in [2.05, 4.69) is 0 Å². The first-order valence-electron chi connectivity index (χ1n) is 7.61. The van der Waals surface area contributed by atoms with E-state index in [4.69, 9.17) is 4.74 Å². The summed E-state index contributed by atoms with van der Waals surface area (Å²) in [5, 5.41) is 10.3. The summed E-state index contributed by atoms with van der Waals surface area (Å²) in [5.74, 6) is -0.779. The number of carbonyl (C=O) groups is 3. The third-order valence-corrected chi connectivity index (χ3v) is 4.23. The van der Waals surface area contributed by atoms with Crippen LogP contribution in [-0.2, 0) is 4.74 Å². The van der Waals surface area contributed by atoms with E-state index < -0.39 is 18.2 Å². The fourth-order valence-corrected chi connectivity index (χ4v) is 3.11. The van der Waals surface area contributed by atoms with Crippen molar-refractivity contribution in [3.8, 4) is 0 Å². The van der Waals surface area contributed by atoms with Crippen molar-refractivity contribution >= 4 is 17.9 Å². The predicted octanol–water partition coefficient (Wildman–Crippen LogP) is 0.874. The Morgan fingerprint density at radius 3 is 2.39 bits per heavy atom. The minimum Gasteiger partial charge on any atom is -0.450 e. The summed E-state index contributed by atoms with van der Waals surface area (Å²) in [7, 11) is 0. The highest BCUT2D eigenvalue weighted by Gasteiger charge is 2.44. The van der Waals surface area contributed by atoms with Crippen molar-refractivity contribution in [2.45, 2.75) is 25.5 Å². The Kier molecular flexibility index (Phi) is 4.04. The van der Waals surface area contributed by atoms with E-state index in [9.17, 15) is 19.5 Å². The molecule has 7 nitrogen and oxygen atoms in total. The summed E-state index contributed by atoms with van der Waals surface area (Å²) in [4.78, 5) is 39.2. The van der Waals surface area contributed by atoms with Gasteiger partial charge in [0.1, 0.15) is 0 Å². The zero-order valence-electron chi connectivity index (χ0n) is 12.8. The second-order valence-electron chi connectivity index (χ2n) is 5.59. The number of fused-ring (bicyclic) bond motifs is 1. The molecule has 7 heteroatoms. The molecule has 0 aliphatic carbocycles. The number of nitrogens with zero attached hydrogens (tertiary/aromatic N) is 2. The van der Waals surface area contributed by atoms with Crippen LogP contribution in [0.4, 0.5) is 4.79 Å². The summed E-state index contributed by atoms with van der Waals surface area (Å²) < 4.78 is 4.91. The molecular weight excluding hydrogens is 300 g/mol. The highest BCUT2D eigenvalue weighted by atomic mass is 16.6. The lowest BCUT2D eigenvalue weighted by Gasteiger charge is -2.38. The fourth-order valence-electron chi connectivity index (χ4n) is 3.11. The van der Waals surface area contributed by atoms with Crippen molar-refractivity contribution < 1.29 is 24.2 Å². The van der Waals surface area contributed by atoms with Gasteiger partial charge in [0.05, 0.1) is 36.4 Å². The number of carbonyl (C=O) groups excluding carboxylic acids is 3. The molecule has 2 heterocycles. The second-order valence-corrected chi connectivity index (χ2v) is 5.59. The van der Waals surface area contributed by atoms with Crippen LogP contribution in [0.1, 0.15) is 34.1 Å². The third kappa shape index (κ3) is 2.57. The van der Waals surface area contributed by atoms with E-state index in [0.717, 1.165) is 4.90 Å². The first kappa shape index (κ1) is 15.5. The second kappa shape index (κ2) is 6.00. The van der Waals surface area contributed by atoms with E-state index in [-0.39, 0.29) is 25.0 Å². The average molecular weight is 318 g/mol. The smallest absolute Gasteiger partial charge is 0.409 e. The van der Waals surface area contributed by atoms with Crippen molar-refractivity contribution in [1.82, 2.24) is 9.80 Å². The quantitative estimate of drug-likeness (QED) is 0.818. The molecule has 2 aliphatic heterocycles. The van der Waals surface area contributed by atoms with Gasteiger partial charge < -0.3 is 14.7 Å². The van der Waals surface area contributed by atoms with Crippen molar-refractivity contribution in [1.29, 1.82) is 0 Å². The summed E-state index contributed by atoms with van der Waals surface area (Å²) in [6, 6.07) is 5.99. The van der Waals surface area contributed by atoms with Crippen LogP contribution in [0.3, 0.4) is 0 Å². The van der Waals surface area contributed by atoms with Gasteiger partial charge >= 0.3 is 6.09 Å². The van der Waals surface area contributed by atoms with Gasteiger partial charge in [-0.2, -0.15) is 0 Å². The molecule has 0 unspecified atom stereocenters. The number of piperidine rings is 1. The number of aliphatic hydroxyl groups is 1. The molecule has 0 bridgehead atoms. The summed E-state index contributed by atoms with van der Waals surface area (Å²) >= 11 is 0. The van der Waals surface area contributed by atoms with E-state index in [0.29, 0.717) is 24.1 Å². The van der Waals surface area contributed by atoms with Gasteiger partial charge in [0.15, 0.2) is 0 Å². The van der Waals surface area contributed by atoms with Crippen LogP contribution in [0.5, 0.6) is 0 Å². The Balaban J connectivity index is 1.76. The Bertz CT molecular complexity index is 625. The first-order valence-corrected chi connectivity index (χ1v) is 7.61.